The summed E-state index contributed by atoms with van der Waals surface area (Å²) in [6.07, 6.45) is 4.31. The van der Waals surface area contributed by atoms with Gasteiger partial charge in [0.05, 0.1) is 6.10 Å². The Hall–Kier alpha value is -0.930. The van der Waals surface area contributed by atoms with Gasteiger partial charge in [-0.15, -0.1) is 0 Å². The van der Waals surface area contributed by atoms with Crippen molar-refractivity contribution in [2.75, 3.05) is 0 Å². The van der Waals surface area contributed by atoms with Crippen LogP contribution in [0.4, 0.5) is 4.39 Å². The number of hydrogen-bond acceptors (Lipinski definition) is 2. The number of hydrogen-bond donors (Lipinski definition) is 2. The zero-order valence-corrected chi connectivity index (χ0v) is 9.32. The van der Waals surface area contributed by atoms with Crippen LogP contribution in [-0.2, 0) is 0 Å². The summed E-state index contributed by atoms with van der Waals surface area (Å²) in [7, 11) is 0. The lowest BCUT2D eigenvalue weighted by Gasteiger charge is -2.37. The van der Waals surface area contributed by atoms with E-state index in [1.54, 1.807) is 12.1 Å². The Morgan fingerprint density at radius 3 is 2.25 bits per heavy atom. The topological polar surface area (TPSA) is 46.2 Å². The van der Waals surface area contributed by atoms with Crippen LogP contribution in [0, 0.1) is 5.82 Å². The molecule has 1 aromatic carbocycles. The molecular formula is C13H18FNO. The third-order valence-electron chi connectivity index (χ3n) is 3.51. The van der Waals surface area contributed by atoms with Crippen molar-refractivity contribution in [2.45, 2.75) is 43.7 Å². The Balaban J connectivity index is 2.16. The van der Waals surface area contributed by atoms with E-state index in [4.69, 9.17) is 5.73 Å². The number of halogens is 1. The van der Waals surface area contributed by atoms with E-state index in [2.05, 4.69) is 0 Å². The maximum Gasteiger partial charge on any atom is 0.123 e. The van der Waals surface area contributed by atoms with E-state index >= 15 is 0 Å². The fourth-order valence-corrected chi connectivity index (χ4v) is 2.46. The van der Waals surface area contributed by atoms with Crippen molar-refractivity contribution in [2.24, 2.45) is 5.73 Å². The van der Waals surface area contributed by atoms with Gasteiger partial charge in [0.2, 0.25) is 0 Å². The van der Waals surface area contributed by atoms with Gasteiger partial charge in [0.25, 0.3) is 0 Å². The van der Waals surface area contributed by atoms with Crippen LogP contribution in [0.2, 0.25) is 0 Å². The van der Waals surface area contributed by atoms with Gasteiger partial charge >= 0.3 is 0 Å². The quantitative estimate of drug-likeness (QED) is 0.809. The summed E-state index contributed by atoms with van der Waals surface area (Å²) in [6, 6.07) is 5.96. The average Bonchev–Trinajstić information content (AvgIpc) is 2.30. The Morgan fingerprint density at radius 2 is 1.69 bits per heavy atom. The van der Waals surface area contributed by atoms with Crippen molar-refractivity contribution in [3.05, 3.63) is 35.6 Å². The summed E-state index contributed by atoms with van der Waals surface area (Å²) in [5.41, 5.74) is 6.41. The highest BCUT2D eigenvalue weighted by Gasteiger charge is 2.35. The second-order valence-electron chi connectivity index (χ2n) is 4.75. The number of benzene rings is 1. The largest absolute Gasteiger partial charge is 0.386 e. The summed E-state index contributed by atoms with van der Waals surface area (Å²) >= 11 is 0. The predicted octanol–water partition coefficient (Wildman–Crippen LogP) is 2.52. The maximum atomic E-state index is 12.8. The van der Waals surface area contributed by atoms with Crippen LogP contribution >= 0.6 is 0 Å². The first-order chi connectivity index (χ1) is 7.62. The molecule has 1 fully saturated rings. The summed E-state index contributed by atoms with van der Waals surface area (Å²) in [5.74, 6) is -0.286. The molecule has 88 valence electrons. The molecule has 0 aliphatic heterocycles. The summed E-state index contributed by atoms with van der Waals surface area (Å²) in [6.45, 7) is 0. The fraction of sp³-hybridized carbons (Fsp3) is 0.538. The van der Waals surface area contributed by atoms with Gasteiger partial charge in [0.15, 0.2) is 0 Å². The molecule has 1 aromatic rings. The predicted molar refractivity (Wildman–Crippen MR) is 61.4 cm³/mol. The van der Waals surface area contributed by atoms with Gasteiger partial charge in [-0.3, -0.25) is 0 Å². The van der Waals surface area contributed by atoms with E-state index < -0.39 is 11.6 Å². The SMILES string of the molecule is NC1(C(O)c2ccc(F)cc2)CCCCC1. The molecule has 0 heterocycles. The molecule has 16 heavy (non-hydrogen) atoms. The van der Waals surface area contributed by atoms with Crippen LogP contribution in [-0.4, -0.2) is 10.6 Å². The van der Waals surface area contributed by atoms with Crippen LogP contribution in [0.5, 0.6) is 0 Å². The Kier molecular flexibility index (Phi) is 3.26. The van der Waals surface area contributed by atoms with E-state index in [0.717, 1.165) is 25.7 Å². The first-order valence-electron chi connectivity index (χ1n) is 5.84. The molecule has 0 aromatic heterocycles. The minimum absolute atomic E-state index is 0.286. The highest BCUT2D eigenvalue weighted by molar-refractivity contribution is 5.22. The van der Waals surface area contributed by atoms with Crippen molar-refractivity contribution in [3.8, 4) is 0 Å². The molecule has 3 heteroatoms. The molecule has 0 radical (unpaired) electrons. The first kappa shape index (κ1) is 11.6. The van der Waals surface area contributed by atoms with Crippen molar-refractivity contribution in [1.82, 2.24) is 0 Å². The lowest BCUT2D eigenvalue weighted by molar-refractivity contribution is 0.0586. The average molecular weight is 223 g/mol. The van der Waals surface area contributed by atoms with Crippen LogP contribution < -0.4 is 5.73 Å². The minimum atomic E-state index is -0.687. The summed E-state index contributed by atoms with van der Waals surface area (Å²) < 4.78 is 12.8. The highest BCUT2D eigenvalue weighted by Crippen LogP contribution is 2.36. The second kappa shape index (κ2) is 4.52. The minimum Gasteiger partial charge on any atom is -0.386 e. The van der Waals surface area contributed by atoms with Gasteiger partial charge < -0.3 is 10.8 Å². The van der Waals surface area contributed by atoms with E-state index in [1.807, 2.05) is 0 Å². The highest BCUT2D eigenvalue weighted by atomic mass is 19.1. The van der Waals surface area contributed by atoms with Gasteiger partial charge in [-0.2, -0.15) is 0 Å². The monoisotopic (exact) mass is 223 g/mol. The van der Waals surface area contributed by atoms with Crippen molar-refractivity contribution >= 4 is 0 Å². The lowest BCUT2D eigenvalue weighted by atomic mass is 9.76. The maximum absolute atomic E-state index is 12.8. The molecule has 3 N–H and O–H groups in total. The third-order valence-corrected chi connectivity index (χ3v) is 3.51. The van der Waals surface area contributed by atoms with E-state index in [-0.39, 0.29) is 5.82 Å². The molecule has 1 saturated carbocycles. The second-order valence-corrected chi connectivity index (χ2v) is 4.75. The van der Waals surface area contributed by atoms with Crippen molar-refractivity contribution < 1.29 is 9.50 Å². The molecule has 1 aliphatic carbocycles. The molecule has 2 rings (SSSR count). The van der Waals surface area contributed by atoms with Gasteiger partial charge in [0, 0.05) is 5.54 Å². The molecule has 0 bridgehead atoms. The number of aliphatic hydroxyl groups is 1. The number of rotatable bonds is 2. The fourth-order valence-electron chi connectivity index (χ4n) is 2.46. The Labute approximate surface area is 95.3 Å². The zero-order chi connectivity index (χ0) is 11.6. The molecule has 0 amide bonds. The zero-order valence-electron chi connectivity index (χ0n) is 9.32. The van der Waals surface area contributed by atoms with Gasteiger partial charge in [0.1, 0.15) is 5.82 Å². The molecule has 2 nitrogen and oxygen atoms in total. The Morgan fingerprint density at radius 1 is 1.12 bits per heavy atom. The molecular weight excluding hydrogens is 205 g/mol. The van der Waals surface area contributed by atoms with Crippen LogP contribution in [0.15, 0.2) is 24.3 Å². The molecule has 0 spiro atoms. The molecule has 1 unspecified atom stereocenters. The van der Waals surface area contributed by atoms with Crippen LogP contribution in [0.3, 0.4) is 0 Å². The molecule has 0 saturated heterocycles. The van der Waals surface area contributed by atoms with E-state index in [0.29, 0.717) is 5.56 Å². The third kappa shape index (κ3) is 2.25. The summed E-state index contributed by atoms with van der Waals surface area (Å²) in [5, 5.41) is 10.2. The Bertz CT molecular complexity index is 343. The first-order valence-corrected chi connectivity index (χ1v) is 5.84. The smallest absolute Gasteiger partial charge is 0.123 e. The van der Waals surface area contributed by atoms with Gasteiger partial charge in [-0.1, -0.05) is 31.4 Å². The number of aliphatic hydroxyl groups excluding tert-OH is 1. The van der Waals surface area contributed by atoms with Crippen LogP contribution in [0.1, 0.15) is 43.8 Å². The van der Waals surface area contributed by atoms with E-state index in [9.17, 15) is 9.50 Å². The molecule has 1 aliphatic rings. The normalized spacial score (nSPS) is 21.7. The molecule has 1 atom stereocenters. The van der Waals surface area contributed by atoms with Gasteiger partial charge in [-0.05, 0) is 30.5 Å². The van der Waals surface area contributed by atoms with E-state index in [1.165, 1.54) is 18.6 Å². The lowest BCUT2D eigenvalue weighted by Crippen LogP contribution is -2.47. The number of nitrogens with two attached hydrogens (primary N) is 1. The van der Waals surface area contributed by atoms with Crippen molar-refractivity contribution in [3.63, 3.8) is 0 Å². The van der Waals surface area contributed by atoms with Crippen molar-refractivity contribution in [1.29, 1.82) is 0 Å². The van der Waals surface area contributed by atoms with Crippen LogP contribution in [0.25, 0.3) is 0 Å². The van der Waals surface area contributed by atoms with Gasteiger partial charge in [-0.25, -0.2) is 4.39 Å². The summed E-state index contributed by atoms with van der Waals surface area (Å²) in [4.78, 5) is 0. The standard InChI is InChI=1S/C13H18FNO/c14-11-6-4-10(5-7-11)12(16)13(15)8-2-1-3-9-13/h4-7,12,16H,1-3,8-9,15H2.